The van der Waals surface area contributed by atoms with Crippen molar-refractivity contribution in [3.8, 4) is 5.75 Å². The van der Waals surface area contributed by atoms with Gasteiger partial charge in [-0.2, -0.15) is 0 Å². The Labute approximate surface area is 179 Å². The molecule has 2 aliphatic rings. The molecule has 3 rings (SSSR count). The summed E-state index contributed by atoms with van der Waals surface area (Å²) in [5, 5.41) is 9.70. The fourth-order valence-corrected chi connectivity index (χ4v) is 4.14. The molecule has 0 bridgehead atoms. The Bertz CT molecular complexity index is 670. The molecule has 26 heavy (non-hydrogen) atoms. The summed E-state index contributed by atoms with van der Waals surface area (Å²) in [6, 6.07) is 5.92. The van der Waals surface area contributed by atoms with Crippen molar-refractivity contribution in [1.82, 2.24) is 0 Å². The van der Waals surface area contributed by atoms with E-state index in [1.165, 1.54) is 0 Å². The number of aliphatic carboxylic acids is 1. The second kappa shape index (κ2) is 9.61. The van der Waals surface area contributed by atoms with Gasteiger partial charge in [-0.15, -0.1) is 0 Å². The van der Waals surface area contributed by atoms with Crippen LogP contribution < -0.4 is 23.6 Å². The summed E-state index contributed by atoms with van der Waals surface area (Å²) in [6.07, 6.45) is 5.40. The van der Waals surface area contributed by atoms with Gasteiger partial charge < -0.3 is 19.3 Å². The third kappa shape index (κ3) is 5.05. The van der Waals surface area contributed by atoms with Crippen LogP contribution in [0.4, 0.5) is 0 Å². The number of aryl methyl sites for hydroxylation is 1. The maximum absolute atomic E-state index is 11.8. The number of hydrogen-bond donors (Lipinski definition) is 1. The van der Waals surface area contributed by atoms with Crippen molar-refractivity contribution in [2.45, 2.75) is 37.9 Å². The van der Waals surface area contributed by atoms with Crippen LogP contribution in [0.15, 0.2) is 29.8 Å². The number of benzene rings is 1. The molecular weight excluding hydrogens is 442 g/mol. The molecule has 1 unspecified atom stereocenters. The van der Waals surface area contributed by atoms with Gasteiger partial charge in [0.15, 0.2) is 5.79 Å². The molecule has 1 aromatic rings. The molecule has 1 fully saturated rings. The summed E-state index contributed by atoms with van der Waals surface area (Å²) in [4.78, 5) is 11.8. The number of carboxylic acids is 1. The molecule has 1 N–H and O–H groups in total. The largest absolute Gasteiger partial charge is 1.00 e. The molecule has 5 nitrogen and oxygen atoms in total. The first-order valence-corrected chi connectivity index (χ1v) is 9.63. The fraction of sp³-hybridized carbons (Fsp3) is 0.526. The molecule has 0 aromatic heterocycles. The summed E-state index contributed by atoms with van der Waals surface area (Å²) < 4.78 is 17.8. The zero-order chi connectivity index (χ0) is 17.9. The Kier molecular flexibility index (Phi) is 8.04. The molecule has 0 radical (unpaired) electrons. The third-order valence-electron chi connectivity index (χ3n) is 4.98. The van der Waals surface area contributed by atoms with E-state index in [0.29, 0.717) is 38.9 Å². The van der Waals surface area contributed by atoms with Crippen molar-refractivity contribution in [2.75, 3.05) is 20.3 Å². The quantitative estimate of drug-likeness (QED) is 0.383. The minimum Gasteiger partial charge on any atom is -0.497 e. The minimum absolute atomic E-state index is 0. The van der Waals surface area contributed by atoms with Crippen molar-refractivity contribution in [3.63, 3.8) is 0 Å². The van der Waals surface area contributed by atoms with Crippen molar-refractivity contribution >= 4 is 28.6 Å². The fourth-order valence-electron chi connectivity index (χ4n) is 3.54. The Morgan fingerprint density at radius 2 is 2.12 bits per heavy atom. The average molecular weight is 465 g/mol. The first kappa shape index (κ1) is 21.8. The number of methoxy groups -OCH3 is 1. The summed E-state index contributed by atoms with van der Waals surface area (Å²) in [6.45, 7) is 1.25. The van der Waals surface area contributed by atoms with Crippen LogP contribution in [0.1, 0.15) is 31.2 Å². The van der Waals surface area contributed by atoms with Crippen molar-refractivity contribution < 1.29 is 43.0 Å². The monoisotopic (exact) mass is 465 g/mol. The molecule has 1 heterocycles. The van der Waals surface area contributed by atoms with E-state index in [1.807, 2.05) is 24.3 Å². The molecule has 7 heteroatoms. The van der Waals surface area contributed by atoms with Gasteiger partial charge in [0.2, 0.25) is 0 Å². The smallest absolute Gasteiger partial charge is 0.497 e. The molecule has 1 atom stereocenters. The standard InChI is InChI=1S/C19H23IO5.Li/c1-23-15-3-5-17(20)14(12-15)2-4-16(18(21)22)13-6-8-19(9-7-13)24-10-11-25-19;/h3,5-6,12,16H,2,4,7-11H2,1H3,(H,21,22);/q;+1. The molecule has 1 spiro atoms. The van der Waals surface area contributed by atoms with Crippen LogP contribution in [-0.2, 0) is 20.7 Å². The number of hydrogen-bond acceptors (Lipinski definition) is 4. The van der Waals surface area contributed by atoms with Crippen molar-refractivity contribution in [3.05, 3.63) is 39.0 Å². The average Bonchev–Trinajstić information content (AvgIpc) is 3.06. The van der Waals surface area contributed by atoms with E-state index in [0.717, 1.165) is 26.9 Å². The van der Waals surface area contributed by atoms with Crippen molar-refractivity contribution in [2.24, 2.45) is 5.92 Å². The Hall–Kier alpha value is -0.523. The molecular formula is C19H23ILiO5+. The van der Waals surface area contributed by atoms with Gasteiger partial charge in [-0.3, -0.25) is 4.79 Å². The molecule has 136 valence electrons. The van der Waals surface area contributed by atoms with E-state index in [9.17, 15) is 9.90 Å². The van der Waals surface area contributed by atoms with Gasteiger partial charge in [-0.05, 0) is 65.6 Å². The first-order valence-electron chi connectivity index (χ1n) is 8.55. The Morgan fingerprint density at radius 1 is 1.38 bits per heavy atom. The van der Waals surface area contributed by atoms with Gasteiger partial charge in [0.05, 0.1) is 26.2 Å². The minimum atomic E-state index is -0.756. The summed E-state index contributed by atoms with van der Waals surface area (Å²) in [5.74, 6) is -0.917. The zero-order valence-corrected chi connectivity index (χ0v) is 17.5. The Morgan fingerprint density at radius 3 is 2.69 bits per heavy atom. The van der Waals surface area contributed by atoms with Crippen LogP contribution in [0.2, 0.25) is 0 Å². The topological polar surface area (TPSA) is 65.0 Å². The zero-order valence-electron chi connectivity index (χ0n) is 15.3. The van der Waals surface area contributed by atoms with Gasteiger partial charge in [0.1, 0.15) is 5.75 Å². The SMILES string of the molecule is COc1ccc(I)c(CCC(C(=O)O)C2=CCC3(CC2)OCCO3)c1.[Li+]. The molecule has 0 saturated carbocycles. The van der Waals surface area contributed by atoms with Gasteiger partial charge in [-0.1, -0.05) is 11.6 Å². The van der Waals surface area contributed by atoms with E-state index in [1.54, 1.807) is 7.11 Å². The van der Waals surface area contributed by atoms with Crippen LogP contribution in [0, 0.1) is 9.49 Å². The predicted octanol–water partition coefficient (Wildman–Crippen LogP) is 0.791. The summed E-state index contributed by atoms with van der Waals surface area (Å²) in [7, 11) is 1.64. The number of ether oxygens (including phenoxy) is 3. The second-order valence-electron chi connectivity index (χ2n) is 6.48. The number of carbonyl (C=O) groups is 1. The van der Waals surface area contributed by atoms with E-state index in [2.05, 4.69) is 22.6 Å². The van der Waals surface area contributed by atoms with E-state index < -0.39 is 17.7 Å². The Balaban J connectivity index is 0.00000243. The van der Waals surface area contributed by atoms with Crippen LogP contribution in [0.5, 0.6) is 5.75 Å². The molecule has 0 amide bonds. The molecule has 1 saturated heterocycles. The van der Waals surface area contributed by atoms with Crippen LogP contribution in [0.25, 0.3) is 0 Å². The predicted molar refractivity (Wildman–Crippen MR) is 102 cm³/mol. The normalized spacial score (nSPS) is 19.5. The van der Waals surface area contributed by atoms with Crippen LogP contribution in [0.3, 0.4) is 0 Å². The number of rotatable bonds is 6. The van der Waals surface area contributed by atoms with Gasteiger partial charge in [0, 0.05) is 16.4 Å². The molecule has 1 aliphatic carbocycles. The molecule has 1 aromatic carbocycles. The van der Waals surface area contributed by atoms with E-state index in [-0.39, 0.29) is 18.9 Å². The van der Waals surface area contributed by atoms with Crippen LogP contribution in [-0.4, -0.2) is 37.2 Å². The maximum atomic E-state index is 11.8. The van der Waals surface area contributed by atoms with Gasteiger partial charge >= 0.3 is 24.8 Å². The number of halogens is 1. The van der Waals surface area contributed by atoms with Gasteiger partial charge in [0.25, 0.3) is 0 Å². The van der Waals surface area contributed by atoms with E-state index in [4.69, 9.17) is 14.2 Å². The molecule has 1 aliphatic heterocycles. The second-order valence-corrected chi connectivity index (χ2v) is 7.64. The van der Waals surface area contributed by atoms with Crippen LogP contribution >= 0.6 is 22.6 Å². The number of carboxylic acid groups (broad SMARTS) is 1. The maximum Gasteiger partial charge on any atom is 1.00 e. The summed E-state index contributed by atoms with van der Waals surface area (Å²) in [5.41, 5.74) is 2.12. The van der Waals surface area contributed by atoms with Crippen molar-refractivity contribution in [1.29, 1.82) is 0 Å². The van der Waals surface area contributed by atoms with E-state index >= 15 is 0 Å². The third-order valence-corrected chi connectivity index (χ3v) is 6.04. The first-order chi connectivity index (χ1) is 12.0. The summed E-state index contributed by atoms with van der Waals surface area (Å²) >= 11 is 2.28. The van der Waals surface area contributed by atoms with Gasteiger partial charge in [-0.25, -0.2) is 0 Å².